The number of amides is 2. The Bertz CT molecular complexity index is 578. The molecule has 1 heterocycles. The van der Waals surface area contributed by atoms with Gasteiger partial charge in [-0.25, -0.2) is 4.79 Å². The average molecular weight is 348 g/mol. The number of likely N-dealkylation sites (tertiary alicyclic amines) is 1. The van der Waals surface area contributed by atoms with Crippen molar-refractivity contribution in [2.45, 2.75) is 51.7 Å². The summed E-state index contributed by atoms with van der Waals surface area (Å²) in [6.07, 6.45) is 0.481. The van der Waals surface area contributed by atoms with Crippen LogP contribution in [-0.4, -0.2) is 49.2 Å². The lowest BCUT2D eigenvalue weighted by molar-refractivity contribution is -0.139. The number of rotatable bonds is 5. The van der Waals surface area contributed by atoms with E-state index in [1.165, 1.54) is 12.7 Å². The Morgan fingerprint density at radius 2 is 1.72 bits per heavy atom. The minimum atomic E-state index is -0.532. The van der Waals surface area contributed by atoms with E-state index >= 15 is 0 Å². The molecule has 0 aliphatic carbocycles. The van der Waals surface area contributed by atoms with Crippen molar-refractivity contribution in [3.8, 4) is 5.75 Å². The Morgan fingerprint density at radius 3 is 2.24 bits per heavy atom. The highest BCUT2D eigenvalue weighted by molar-refractivity contribution is 5.81. The average Bonchev–Trinajstić information content (AvgIpc) is 2.62. The van der Waals surface area contributed by atoms with Crippen LogP contribution in [0.15, 0.2) is 24.3 Å². The van der Waals surface area contributed by atoms with E-state index in [4.69, 9.17) is 4.74 Å². The molecular formula is C19H28N2O4. The zero-order valence-electron chi connectivity index (χ0n) is 15.5. The number of methoxy groups -OCH3 is 1. The van der Waals surface area contributed by atoms with Gasteiger partial charge in [0.25, 0.3) is 5.91 Å². The summed E-state index contributed by atoms with van der Waals surface area (Å²) < 4.78 is 10.4. The molecule has 1 fully saturated rings. The van der Waals surface area contributed by atoms with Crippen LogP contribution in [-0.2, 0) is 9.53 Å². The van der Waals surface area contributed by atoms with E-state index in [2.05, 4.69) is 23.9 Å². The fourth-order valence-electron chi connectivity index (χ4n) is 2.91. The monoisotopic (exact) mass is 348 g/mol. The van der Waals surface area contributed by atoms with Crippen LogP contribution in [0.1, 0.15) is 45.1 Å². The smallest absolute Gasteiger partial charge is 0.407 e. The third-order valence-corrected chi connectivity index (χ3v) is 4.52. The molecule has 1 aliphatic heterocycles. The molecule has 6 nitrogen and oxygen atoms in total. The summed E-state index contributed by atoms with van der Waals surface area (Å²) in [6.45, 7) is 7.26. The standard InChI is InChI=1S/C19H28N2O4/c1-13(2)15-5-7-17(8-6-15)25-14(3)18(22)21-11-9-16(10-12-21)20-19(23)24-4/h5-8,13-14,16H,9-12H2,1-4H3,(H,20,23). The molecule has 1 unspecified atom stereocenters. The second kappa shape index (κ2) is 8.74. The number of hydrogen-bond donors (Lipinski definition) is 1. The number of carbonyl (C=O) groups is 2. The first-order valence-electron chi connectivity index (χ1n) is 8.80. The van der Waals surface area contributed by atoms with E-state index < -0.39 is 12.2 Å². The summed E-state index contributed by atoms with van der Waals surface area (Å²) in [5.74, 6) is 1.14. The number of alkyl carbamates (subject to hydrolysis) is 1. The van der Waals surface area contributed by atoms with Gasteiger partial charge in [-0.3, -0.25) is 4.79 Å². The molecule has 1 aromatic carbocycles. The SMILES string of the molecule is COC(=O)NC1CCN(C(=O)C(C)Oc2ccc(C(C)C)cc2)CC1. The van der Waals surface area contributed by atoms with Gasteiger partial charge in [0.05, 0.1) is 7.11 Å². The van der Waals surface area contributed by atoms with Crippen LogP contribution in [0.25, 0.3) is 0 Å². The highest BCUT2D eigenvalue weighted by Crippen LogP contribution is 2.20. The van der Waals surface area contributed by atoms with E-state index in [0.717, 1.165) is 12.8 Å². The molecule has 1 atom stereocenters. The van der Waals surface area contributed by atoms with E-state index in [9.17, 15) is 9.59 Å². The number of piperidine rings is 1. The summed E-state index contributed by atoms with van der Waals surface area (Å²) in [4.78, 5) is 25.6. The Kier molecular flexibility index (Phi) is 6.67. The number of benzene rings is 1. The third kappa shape index (κ3) is 5.37. The second-order valence-corrected chi connectivity index (χ2v) is 6.72. The third-order valence-electron chi connectivity index (χ3n) is 4.52. The Labute approximate surface area is 149 Å². The highest BCUT2D eigenvalue weighted by Gasteiger charge is 2.27. The summed E-state index contributed by atoms with van der Waals surface area (Å²) in [5.41, 5.74) is 1.24. The molecule has 1 saturated heterocycles. The summed E-state index contributed by atoms with van der Waals surface area (Å²) in [6, 6.07) is 7.93. The number of hydrogen-bond acceptors (Lipinski definition) is 4. The first-order chi connectivity index (χ1) is 11.9. The van der Waals surface area contributed by atoms with Gasteiger partial charge in [-0.2, -0.15) is 0 Å². The molecule has 0 aromatic heterocycles. The van der Waals surface area contributed by atoms with E-state index in [1.807, 2.05) is 24.3 Å². The molecule has 0 radical (unpaired) electrons. The lowest BCUT2D eigenvalue weighted by Crippen LogP contribution is -2.49. The summed E-state index contributed by atoms with van der Waals surface area (Å²) in [5, 5.41) is 2.78. The summed E-state index contributed by atoms with van der Waals surface area (Å²) >= 11 is 0. The maximum absolute atomic E-state index is 12.6. The molecule has 1 aliphatic rings. The number of nitrogens with zero attached hydrogens (tertiary/aromatic N) is 1. The molecule has 0 spiro atoms. The lowest BCUT2D eigenvalue weighted by atomic mass is 10.0. The molecule has 25 heavy (non-hydrogen) atoms. The Hall–Kier alpha value is -2.24. The number of nitrogens with one attached hydrogen (secondary N) is 1. The van der Waals surface area contributed by atoms with Crippen LogP contribution < -0.4 is 10.1 Å². The van der Waals surface area contributed by atoms with Crippen LogP contribution >= 0.6 is 0 Å². The normalized spacial score (nSPS) is 16.4. The number of carbonyl (C=O) groups excluding carboxylic acids is 2. The second-order valence-electron chi connectivity index (χ2n) is 6.72. The highest BCUT2D eigenvalue weighted by atomic mass is 16.5. The van der Waals surface area contributed by atoms with E-state index in [1.54, 1.807) is 11.8 Å². The molecule has 1 aromatic rings. The molecule has 138 valence electrons. The Morgan fingerprint density at radius 1 is 1.12 bits per heavy atom. The van der Waals surface area contributed by atoms with Gasteiger partial charge in [-0.15, -0.1) is 0 Å². The predicted molar refractivity (Wildman–Crippen MR) is 95.8 cm³/mol. The van der Waals surface area contributed by atoms with Crippen LogP contribution in [0.5, 0.6) is 5.75 Å². The van der Waals surface area contributed by atoms with Gasteiger partial charge in [0.1, 0.15) is 5.75 Å². The summed E-state index contributed by atoms with van der Waals surface area (Å²) in [7, 11) is 1.35. The molecule has 6 heteroatoms. The quantitative estimate of drug-likeness (QED) is 0.888. The van der Waals surface area contributed by atoms with Gasteiger partial charge in [0.15, 0.2) is 6.10 Å². The van der Waals surface area contributed by atoms with Crippen LogP contribution in [0.2, 0.25) is 0 Å². The van der Waals surface area contributed by atoms with E-state index in [0.29, 0.717) is 24.8 Å². The zero-order chi connectivity index (χ0) is 18.4. The fourth-order valence-corrected chi connectivity index (χ4v) is 2.91. The first kappa shape index (κ1) is 19.1. The molecule has 0 bridgehead atoms. The number of ether oxygens (including phenoxy) is 2. The van der Waals surface area contributed by atoms with Gasteiger partial charge in [0, 0.05) is 19.1 Å². The maximum atomic E-state index is 12.6. The molecule has 2 rings (SSSR count). The van der Waals surface area contributed by atoms with Crippen LogP contribution in [0, 0.1) is 0 Å². The molecule has 1 N–H and O–H groups in total. The maximum Gasteiger partial charge on any atom is 0.407 e. The zero-order valence-corrected chi connectivity index (χ0v) is 15.5. The lowest BCUT2D eigenvalue weighted by Gasteiger charge is -2.33. The van der Waals surface area contributed by atoms with E-state index in [-0.39, 0.29) is 11.9 Å². The largest absolute Gasteiger partial charge is 0.481 e. The molecule has 2 amide bonds. The fraction of sp³-hybridized carbons (Fsp3) is 0.579. The van der Waals surface area contributed by atoms with Crippen molar-refractivity contribution in [3.05, 3.63) is 29.8 Å². The van der Waals surface area contributed by atoms with Crippen molar-refractivity contribution < 1.29 is 19.1 Å². The van der Waals surface area contributed by atoms with Crippen molar-refractivity contribution in [1.82, 2.24) is 10.2 Å². The van der Waals surface area contributed by atoms with Crippen LogP contribution in [0.3, 0.4) is 0 Å². The van der Waals surface area contributed by atoms with Crippen molar-refractivity contribution >= 4 is 12.0 Å². The van der Waals surface area contributed by atoms with Crippen molar-refractivity contribution in [1.29, 1.82) is 0 Å². The van der Waals surface area contributed by atoms with Crippen molar-refractivity contribution in [3.63, 3.8) is 0 Å². The topological polar surface area (TPSA) is 67.9 Å². The van der Waals surface area contributed by atoms with Crippen molar-refractivity contribution in [2.24, 2.45) is 0 Å². The predicted octanol–water partition coefficient (Wildman–Crippen LogP) is 2.92. The van der Waals surface area contributed by atoms with Gasteiger partial charge in [-0.1, -0.05) is 26.0 Å². The van der Waals surface area contributed by atoms with Gasteiger partial charge >= 0.3 is 6.09 Å². The minimum Gasteiger partial charge on any atom is -0.481 e. The Balaban J connectivity index is 1.83. The molecular weight excluding hydrogens is 320 g/mol. The first-order valence-corrected chi connectivity index (χ1v) is 8.80. The van der Waals surface area contributed by atoms with Crippen LogP contribution in [0.4, 0.5) is 4.79 Å². The minimum absolute atomic E-state index is 0.0237. The van der Waals surface area contributed by atoms with Gasteiger partial charge < -0.3 is 19.7 Å². The van der Waals surface area contributed by atoms with Gasteiger partial charge in [-0.05, 0) is 43.4 Å². The molecule has 0 saturated carbocycles. The van der Waals surface area contributed by atoms with Gasteiger partial charge in [0.2, 0.25) is 0 Å². The van der Waals surface area contributed by atoms with Crippen molar-refractivity contribution in [2.75, 3.05) is 20.2 Å².